The zero-order valence-electron chi connectivity index (χ0n) is 15.1. The molecule has 150 valence electrons. The molecule has 2 saturated heterocycles. The fraction of sp³-hybridized carbons (Fsp3) is 0.211. The molecular formula is C19H17F2N5O3. The highest BCUT2D eigenvalue weighted by Gasteiger charge is 2.45. The topological polar surface area (TPSA) is 85.0 Å². The molecule has 0 radical (unpaired) electrons. The number of para-hydroxylation sites is 1. The van der Waals surface area contributed by atoms with Crippen molar-refractivity contribution in [1.82, 2.24) is 15.3 Å². The number of carbonyl (C=O) groups excluding carboxylic acids is 3. The zero-order chi connectivity index (χ0) is 20.5. The summed E-state index contributed by atoms with van der Waals surface area (Å²) in [5, 5.41) is 3.17. The molecule has 2 fully saturated rings. The van der Waals surface area contributed by atoms with Crippen molar-refractivity contribution in [2.45, 2.75) is 6.29 Å². The molecule has 0 aromatic heterocycles. The van der Waals surface area contributed by atoms with Crippen LogP contribution >= 0.6 is 0 Å². The smallest absolute Gasteiger partial charge is 0.326 e. The summed E-state index contributed by atoms with van der Waals surface area (Å²) in [7, 11) is 0. The molecule has 0 bridgehead atoms. The molecular weight excluding hydrogens is 384 g/mol. The zero-order valence-corrected chi connectivity index (χ0v) is 15.1. The Bertz CT molecular complexity index is 972. The average molecular weight is 401 g/mol. The van der Waals surface area contributed by atoms with Crippen LogP contribution in [-0.4, -0.2) is 53.6 Å². The number of fused-ring (bicyclic) bond motifs is 1. The first-order valence-corrected chi connectivity index (χ1v) is 8.89. The van der Waals surface area contributed by atoms with E-state index in [1.165, 1.54) is 4.90 Å². The van der Waals surface area contributed by atoms with E-state index in [1.807, 2.05) is 35.2 Å². The summed E-state index contributed by atoms with van der Waals surface area (Å²) in [5.41, 5.74) is 3.52. The van der Waals surface area contributed by atoms with Crippen LogP contribution in [0.4, 0.5) is 20.2 Å². The van der Waals surface area contributed by atoms with Crippen molar-refractivity contribution in [3.05, 3.63) is 60.2 Å². The van der Waals surface area contributed by atoms with Gasteiger partial charge in [-0.2, -0.15) is 5.43 Å². The number of amides is 3. The monoisotopic (exact) mass is 401 g/mol. The number of hydrogen-bond acceptors (Lipinski definition) is 5. The van der Waals surface area contributed by atoms with Crippen LogP contribution in [0.15, 0.2) is 48.5 Å². The Hall–Kier alpha value is -3.53. The molecule has 2 aromatic rings. The first-order valence-electron chi connectivity index (χ1n) is 8.89. The summed E-state index contributed by atoms with van der Waals surface area (Å²) in [6, 6.07) is 12.0. The molecule has 2 aromatic carbocycles. The second-order valence-corrected chi connectivity index (χ2v) is 6.59. The summed E-state index contributed by atoms with van der Waals surface area (Å²) in [4.78, 5) is 40.4. The van der Waals surface area contributed by atoms with Crippen LogP contribution in [0.5, 0.6) is 0 Å². The quantitative estimate of drug-likeness (QED) is 0.744. The number of benzene rings is 2. The third-order valence-electron chi connectivity index (χ3n) is 4.73. The van der Waals surface area contributed by atoms with Gasteiger partial charge in [0.1, 0.15) is 18.2 Å². The SMILES string of the molecule is O=C(CN1NC2N(CCN2c2ccccc2)C(=O)C1=O)Nc1ccc(F)cc1F. The number of nitrogens with zero attached hydrogens (tertiary/aromatic N) is 3. The number of carbonyl (C=O) groups is 3. The van der Waals surface area contributed by atoms with Gasteiger partial charge in [0.25, 0.3) is 0 Å². The lowest BCUT2D eigenvalue weighted by Gasteiger charge is -2.40. The highest BCUT2D eigenvalue weighted by atomic mass is 19.1. The van der Waals surface area contributed by atoms with Gasteiger partial charge >= 0.3 is 11.8 Å². The molecule has 0 aliphatic carbocycles. The van der Waals surface area contributed by atoms with Gasteiger partial charge in [-0.3, -0.25) is 24.3 Å². The Morgan fingerprint density at radius 3 is 2.48 bits per heavy atom. The van der Waals surface area contributed by atoms with Gasteiger partial charge < -0.3 is 10.2 Å². The van der Waals surface area contributed by atoms with Crippen molar-refractivity contribution in [2.75, 3.05) is 29.9 Å². The molecule has 10 heteroatoms. The number of nitrogens with one attached hydrogen (secondary N) is 2. The number of rotatable bonds is 4. The number of halogens is 2. The third kappa shape index (κ3) is 3.61. The fourth-order valence-corrected chi connectivity index (χ4v) is 3.35. The largest absolute Gasteiger partial charge is 0.336 e. The van der Waals surface area contributed by atoms with Crippen molar-refractivity contribution in [1.29, 1.82) is 0 Å². The van der Waals surface area contributed by atoms with Gasteiger partial charge in [-0.05, 0) is 24.3 Å². The Labute approximate surface area is 164 Å². The molecule has 0 saturated carbocycles. The van der Waals surface area contributed by atoms with Crippen molar-refractivity contribution in [3.8, 4) is 0 Å². The van der Waals surface area contributed by atoms with Crippen molar-refractivity contribution < 1.29 is 23.2 Å². The fourth-order valence-electron chi connectivity index (χ4n) is 3.35. The first-order chi connectivity index (χ1) is 13.9. The predicted molar refractivity (Wildman–Crippen MR) is 99.1 cm³/mol. The maximum atomic E-state index is 13.7. The minimum atomic E-state index is -0.940. The van der Waals surface area contributed by atoms with Crippen LogP contribution in [0.2, 0.25) is 0 Å². The predicted octanol–water partition coefficient (Wildman–Crippen LogP) is 0.882. The minimum Gasteiger partial charge on any atom is -0.336 e. The Kier molecular flexibility index (Phi) is 4.85. The average Bonchev–Trinajstić information content (AvgIpc) is 3.12. The van der Waals surface area contributed by atoms with E-state index in [-0.39, 0.29) is 5.69 Å². The normalized spacial score (nSPS) is 18.8. The minimum absolute atomic E-state index is 0.222. The molecule has 1 unspecified atom stereocenters. The van der Waals surface area contributed by atoms with E-state index in [9.17, 15) is 23.2 Å². The lowest BCUT2D eigenvalue weighted by atomic mass is 10.3. The van der Waals surface area contributed by atoms with Crippen LogP contribution in [0.25, 0.3) is 0 Å². The third-order valence-corrected chi connectivity index (χ3v) is 4.73. The summed E-state index contributed by atoms with van der Waals surface area (Å²) in [6.45, 7) is 0.355. The van der Waals surface area contributed by atoms with Gasteiger partial charge in [-0.25, -0.2) is 8.78 Å². The molecule has 4 rings (SSSR count). The van der Waals surface area contributed by atoms with Gasteiger partial charge in [0.15, 0.2) is 6.29 Å². The molecule has 2 aliphatic heterocycles. The van der Waals surface area contributed by atoms with Crippen LogP contribution < -0.4 is 15.6 Å². The number of hydrogen-bond donors (Lipinski definition) is 2. The molecule has 29 heavy (non-hydrogen) atoms. The molecule has 0 spiro atoms. The van der Waals surface area contributed by atoms with E-state index in [4.69, 9.17) is 0 Å². The molecule has 3 amide bonds. The van der Waals surface area contributed by atoms with E-state index in [0.717, 1.165) is 22.8 Å². The molecule has 2 heterocycles. The van der Waals surface area contributed by atoms with E-state index < -0.39 is 42.2 Å². The van der Waals surface area contributed by atoms with E-state index in [2.05, 4.69) is 10.7 Å². The molecule has 1 atom stereocenters. The molecule has 2 aliphatic rings. The Morgan fingerprint density at radius 2 is 1.76 bits per heavy atom. The van der Waals surface area contributed by atoms with Gasteiger partial charge in [0.2, 0.25) is 5.91 Å². The van der Waals surface area contributed by atoms with Gasteiger partial charge in [0, 0.05) is 24.8 Å². The van der Waals surface area contributed by atoms with E-state index in [1.54, 1.807) is 0 Å². The van der Waals surface area contributed by atoms with Crippen LogP contribution in [0.3, 0.4) is 0 Å². The van der Waals surface area contributed by atoms with Crippen LogP contribution in [0, 0.1) is 11.6 Å². The Morgan fingerprint density at radius 1 is 1.03 bits per heavy atom. The maximum Gasteiger partial charge on any atom is 0.326 e. The van der Waals surface area contributed by atoms with Gasteiger partial charge in [-0.1, -0.05) is 18.2 Å². The number of anilines is 2. The van der Waals surface area contributed by atoms with Crippen molar-refractivity contribution in [3.63, 3.8) is 0 Å². The first kappa shape index (κ1) is 18.8. The second-order valence-electron chi connectivity index (χ2n) is 6.59. The number of hydrazine groups is 1. The molecule has 8 nitrogen and oxygen atoms in total. The van der Waals surface area contributed by atoms with Gasteiger partial charge in [0.05, 0.1) is 5.69 Å². The van der Waals surface area contributed by atoms with Crippen LogP contribution in [0.1, 0.15) is 0 Å². The summed E-state index contributed by atoms with van der Waals surface area (Å²) in [5.74, 6) is -4.06. The van der Waals surface area contributed by atoms with Crippen molar-refractivity contribution in [2.24, 2.45) is 0 Å². The summed E-state index contributed by atoms with van der Waals surface area (Å²) < 4.78 is 26.7. The van der Waals surface area contributed by atoms with Crippen molar-refractivity contribution >= 4 is 29.1 Å². The van der Waals surface area contributed by atoms with E-state index >= 15 is 0 Å². The van der Waals surface area contributed by atoms with E-state index in [0.29, 0.717) is 19.2 Å². The molecule has 2 N–H and O–H groups in total. The Balaban J connectivity index is 1.48. The standard InChI is InChI=1S/C19H17F2N5O3/c20-12-6-7-15(14(21)10-12)22-16(27)11-26-18(29)17(28)25-9-8-24(19(25)23-26)13-4-2-1-3-5-13/h1-7,10,19,23H,8-9,11H2,(H,22,27). The van der Waals surface area contributed by atoms with Crippen LogP contribution in [-0.2, 0) is 14.4 Å². The highest BCUT2D eigenvalue weighted by molar-refractivity contribution is 6.35. The lowest BCUT2D eigenvalue weighted by Crippen LogP contribution is -2.68. The van der Waals surface area contributed by atoms with Gasteiger partial charge in [-0.15, -0.1) is 0 Å². The maximum absolute atomic E-state index is 13.7. The lowest BCUT2D eigenvalue weighted by molar-refractivity contribution is -0.163. The summed E-state index contributed by atoms with van der Waals surface area (Å²) in [6.07, 6.45) is -0.627. The second kappa shape index (κ2) is 7.47. The summed E-state index contributed by atoms with van der Waals surface area (Å²) >= 11 is 0. The highest BCUT2D eigenvalue weighted by Crippen LogP contribution is 2.24.